The van der Waals surface area contributed by atoms with Crippen LogP contribution in [0, 0.1) is 13.8 Å². The quantitative estimate of drug-likeness (QED) is 0.487. The van der Waals surface area contributed by atoms with Gasteiger partial charge in [-0.15, -0.1) is 0 Å². The first-order valence-corrected chi connectivity index (χ1v) is 9.78. The Morgan fingerprint density at radius 3 is 2.61 bits per heavy atom. The summed E-state index contributed by atoms with van der Waals surface area (Å²) in [6, 6.07) is 15.4. The normalized spacial score (nSPS) is 11.0. The third-order valence-electron chi connectivity index (χ3n) is 4.96. The Kier molecular flexibility index (Phi) is 4.51. The molecule has 0 saturated heterocycles. The SMILES string of the molecule is Cc1ccc(-n2nc(-c3ccc(C)nc3)cc2NC(=O)c2cnn3cccnc23)cc1. The number of rotatable bonds is 4. The summed E-state index contributed by atoms with van der Waals surface area (Å²) in [7, 11) is 0. The van der Waals surface area contributed by atoms with Crippen molar-refractivity contribution >= 4 is 17.4 Å². The highest BCUT2D eigenvalue weighted by Crippen LogP contribution is 2.25. The maximum absolute atomic E-state index is 13.1. The van der Waals surface area contributed by atoms with E-state index in [1.54, 1.807) is 33.9 Å². The second kappa shape index (κ2) is 7.49. The van der Waals surface area contributed by atoms with Crippen LogP contribution in [0.2, 0.25) is 0 Å². The van der Waals surface area contributed by atoms with Crippen LogP contribution in [-0.4, -0.2) is 35.3 Å². The molecule has 0 bridgehead atoms. The minimum atomic E-state index is -0.310. The summed E-state index contributed by atoms with van der Waals surface area (Å²) in [6.45, 7) is 3.96. The molecule has 4 aromatic heterocycles. The molecule has 1 N–H and O–H groups in total. The Balaban J connectivity index is 1.56. The van der Waals surface area contributed by atoms with Gasteiger partial charge in [0, 0.05) is 35.9 Å². The number of benzene rings is 1. The Labute approximate surface area is 178 Å². The molecule has 4 heterocycles. The van der Waals surface area contributed by atoms with Crippen molar-refractivity contribution in [3.63, 3.8) is 0 Å². The number of hydrogen-bond acceptors (Lipinski definition) is 5. The summed E-state index contributed by atoms with van der Waals surface area (Å²) in [4.78, 5) is 21.7. The van der Waals surface area contributed by atoms with Crippen LogP contribution in [0.1, 0.15) is 21.6 Å². The summed E-state index contributed by atoms with van der Waals surface area (Å²) in [5.41, 5.74) is 5.36. The lowest BCUT2D eigenvalue weighted by molar-refractivity contribution is 0.102. The molecular weight excluding hydrogens is 390 g/mol. The van der Waals surface area contributed by atoms with Crippen LogP contribution < -0.4 is 5.32 Å². The van der Waals surface area contributed by atoms with Gasteiger partial charge in [-0.05, 0) is 44.2 Å². The van der Waals surface area contributed by atoms with E-state index in [9.17, 15) is 4.79 Å². The number of hydrogen-bond donors (Lipinski definition) is 1. The number of aromatic nitrogens is 6. The van der Waals surface area contributed by atoms with Gasteiger partial charge in [0.1, 0.15) is 11.4 Å². The fourth-order valence-electron chi connectivity index (χ4n) is 3.28. The molecule has 0 aliphatic rings. The van der Waals surface area contributed by atoms with Crippen LogP contribution in [0.15, 0.2) is 73.3 Å². The maximum atomic E-state index is 13.1. The van der Waals surface area contributed by atoms with Gasteiger partial charge in [0.05, 0.1) is 17.6 Å². The first-order chi connectivity index (χ1) is 15.1. The molecule has 0 spiro atoms. The summed E-state index contributed by atoms with van der Waals surface area (Å²) >= 11 is 0. The van der Waals surface area contributed by atoms with E-state index < -0.39 is 0 Å². The largest absolute Gasteiger partial charge is 0.306 e. The highest BCUT2D eigenvalue weighted by Gasteiger charge is 2.18. The van der Waals surface area contributed by atoms with E-state index in [1.807, 2.05) is 56.3 Å². The third kappa shape index (κ3) is 3.55. The smallest absolute Gasteiger partial charge is 0.262 e. The lowest BCUT2D eigenvalue weighted by Crippen LogP contribution is -2.15. The fourth-order valence-corrected chi connectivity index (χ4v) is 3.28. The van der Waals surface area contributed by atoms with Crippen molar-refractivity contribution in [2.24, 2.45) is 0 Å². The Hall–Kier alpha value is -4.33. The molecule has 0 aliphatic carbocycles. The zero-order valence-electron chi connectivity index (χ0n) is 17.0. The zero-order valence-corrected chi connectivity index (χ0v) is 17.0. The van der Waals surface area contributed by atoms with Crippen LogP contribution >= 0.6 is 0 Å². The molecule has 1 amide bonds. The van der Waals surface area contributed by atoms with Gasteiger partial charge in [-0.3, -0.25) is 9.78 Å². The number of nitrogens with one attached hydrogen (secondary N) is 1. The molecular formula is C23H19N7O. The van der Waals surface area contributed by atoms with Gasteiger partial charge in [-0.25, -0.2) is 14.2 Å². The molecule has 5 aromatic rings. The Morgan fingerprint density at radius 1 is 1.00 bits per heavy atom. The van der Waals surface area contributed by atoms with Gasteiger partial charge in [-0.1, -0.05) is 17.7 Å². The number of anilines is 1. The van der Waals surface area contributed by atoms with Crippen molar-refractivity contribution in [3.05, 3.63) is 90.1 Å². The zero-order chi connectivity index (χ0) is 21.4. The minimum absolute atomic E-state index is 0.310. The standard InChI is InChI=1S/C23H19N7O/c1-15-4-8-18(9-5-15)30-21(12-20(28-30)17-7-6-16(2)25-13-17)27-23(31)19-14-26-29-11-3-10-24-22(19)29/h3-14H,1-2H3,(H,27,31). The third-order valence-corrected chi connectivity index (χ3v) is 4.96. The average molecular weight is 409 g/mol. The van der Waals surface area contributed by atoms with Crippen molar-refractivity contribution < 1.29 is 4.79 Å². The second-order valence-corrected chi connectivity index (χ2v) is 7.25. The van der Waals surface area contributed by atoms with Gasteiger partial charge in [0.15, 0.2) is 5.65 Å². The summed E-state index contributed by atoms with van der Waals surface area (Å²) < 4.78 is 3.28. The monoisotopic (exact) mass is 409 g/mol. The van der Waals surface area contributed by atoms with Gasteiger partial charge >= 0.3 is 0 Å². The van der Waals surface area contributed by atoms with Crippen LogP contribution in [-0.2, 0) is 0 Å². The van der Waals surface area contributed by atoms with E-state index in [0.717, 1.165) is 22.5 Å². The van der Waals surface area contributed by atoms with Crippen molar-refractivity contribution in [3.8, 4) is 16.9 Å². The molecule has 1 aromatic carbocycles. The molecule has 8 nitrogen and oxygen atoms in total. The number of nitrogens with zero attached hydrogens (tertiary/aromatic N) is 6. The van der Waals surface area contributed by atoms with Gasteiger partial charge < -0.3 is 5.32 Å². The molecule has 152 valence electrons. The Bertz CT molecular complexity index is 1380. The van der Waals surface area contributed by atoms with E-state index in [1.165, 1.54) is 6.20 Å². The predicted octanol–water partition coefficient (Wildman–Crippen LogP) is 3.85. The lowest BCUT2D eigenvalue weighted by atomic mass is 10.2. The lowest BCUT2D eigenvalue weighted by Gasteiger charge is -2.08. The molecule has 5 rings (SSSR count). The van der Waals surface area contributed by atoms with Crippen molar-refractivity contribution in [1.82, 2.24) is 29.4 Å². The van der Waals surface area contributed by atoms with Crippen LogP contribution in [0.3, 0.4) is 0 Å². The number of fused-ring (bicyclic) bond motifs is 1. The summed E-state index contributed by atoms with van der Waals surface area (Å²) in [6.07, 6.45) is 6.66. The second-order valence-electron chi connectivity index (χ2n) is 7.25. The first kappa shape index (κ1) is 18.7. The summed E-state index contributed by atoms with van der Waals surface area (Å²) in [5.74, 6) is 0.232. The van der Waals surface area contributed by atoms with Gasteiger partial charge in [0.25, 0.3) is 5.91 Å². The van der Waals surface area contributed by atoms with E-state index in [-0.39, 0.29) is 5.91 Å². The number of amides is 1. The molecule has 0 fully saturated rings. The molecule has 0 unspecified atom stereocenters. The number of pyridine rings is 1. The first-order valence-electron chi connectivity index (χ1n) is 9.78. The Morgan fingerprint density at radius 2 is 1.84 bits per heavy atom. The molecule has 31 heavy (non-hydrogen) atoms. The van der Waals surface area contributed by atoms with Crippen LogP contribution in [0.5, 0.6) is 0 Å². The van der Waals surface area contributed by atoms with Crippen LogP contribution in [0.4, 0.5) is 5.82 Å². The van der Waals surface area contributed by atoms with E-state index in [4.69, 9.17) is 5.10 Å². The average Bonchev–Trinajstić information content (AvgIpc) is 3.39. The molecule has 0 aliphatic heterocycles. The van der Waals surface area contributed by atoms with E-state index in [0.29, 0.717) is 22.7 Å². The fraction of sp³-hybridized carbons (Fsp3) is 0.0870. The van der Waals surface area contributed by atoms with Gasteiger partial charge in [0.2, 0.25) is 0 Å². The van der Waals surface area contributed by atoms with Crippen LogP contribution in [0.25, 0.3) is 22.6 Å². The molecule has 0 atom stereocenters. The molecule has 0 radical (unpaired) electrons. The predicted molar refractivity (Wildman–Crippen MR) is 117 cm³/mol. The number of carbonyl (C=O) groups excluding carboxylic acids is 1. The molecule has 8 heteroatoms. The van der Waals surface area contributed by atoms with Crippen molar-refractivity contribution in [2.45, 2.75) is 13.8 Å². The maximum Gasteiger partial charge on any atom is 0.262 e. The van der Waals surface area contributed by atoms with E-state index >= 15 is 0 Å². The molecule has 0 saturated carbocycles. The highest BCUT2D eigenvalue weighted by molar-refractivity contribution is 6.08. The van der Waals surface area contributed by atoms with Crippen molar-refractivity contribution in [2.75, 3.05) is 5.32 Å². The van der Waals surface area contributed by atoms with E-state index in [2.05, 4.69) is 20.4 Å². The minimum Gasteiger partial charge on any atom is -0.306 e. The number of carbonyl (C=O) groups is 1. The number of aryl methyl sites for hydroxylation is 2. The summed E-state index contributed by atoms with van der Waals surface area (Å²) in [5, 5.41) is 11.9. The van der Waals surface area contributed by atoms with Gasteiger partial charge in [-0.2, -0.15) is 10.2 Å². The van der Waals surface area contributed by atoms with Crippen molar-refractivity contribution in [1.29, 1.82) is 0 Å². The topological polar surface area (TPSA) is 90.0 Å². The highest BCUT2D eigenvalue weighted by atomic mass is 16.1.